The van der Waals surface area contributed by atoms with E-state index in [1.54, 1.807) is 60.7 Å². The van der Waals surface area contributed by atoms with Crippen LogP contribution in [0.1, 0.15) is 27.6 Å². The highest BCUT2D eigenvalue weighted by atomic mass is 16.5. The highest BCUT2D eigenvalue weighted by Gasteiger charge is 2.17. The van der Waals surface area contributed by atoms with E-state index in [0.717, 1.165) is 0 Å². The average molecular weight is 433 g/mol. The van der Waals surface area contributed by atoms with Gasteiger partial charge in [0.25, 0.3) is 11.8 Å². The van der Waals surface area contributed by atoms with Crippen LogP contribution in [0.5, 0.6) is 11.5 Å². The summed E-state index contributed by atoms with van der Waals surface area (Å²) in [5.74, 6) is -0.267. The first-order valence-corrected chi connectivity index (χ1v) is 9.72. The van der Waals surface area contributed by atoms with Crippen LogP contribution in [0.15, 0.2) is 66.7 Å². The quantitative estimate of drug-likeness (QED) is 0.519. The first-order chi connectivity index (χ1) is 15.4. The molecular weight excluding hydrogens is 410 g/mol. The van der Waals surface area contributed by atoms with E-state index in [1.807, 2.05) is 6.07 Å². The largest absolute Gasteiger partial charge is 0.494 e. The fourth-order valence-corrected chi connectivity index (χ4v) is 3.01. The standard InChI is InChI=1S/C24H23N3O5/c1-15(28)25-18-11-7-10-17(12-18)24(30)27-20-14-21(31-2)19(13-22(20)32-3)26-23(29)16-8-5-4-6-9-16/h4-14H,1-3H3,(H,25,28)(H,26,29)(H,27,30). The molecule has 8 nitrogen and oxygen atoms in total. The van der Waals surface area contributed by atoms with Crippen LogP contribution in [-0.2, 0) is 4.79 Å². The molecule has 0 aliphatic carbocycles. The van der Waals surface area contributed by atoms with E-state index in [1.165, 1.54) is 21.1 Å². The molecule has 3 amide bonds. The molecule has 3 aromatic carbocycles. The summed E-state index contributed by atoms with van der Waals surface area (Å²) in [7, 11) is 2.92. The summed E-state index contributed by atoms with van der Waals surface area (Å²) < 4.78 is 10.8. The molecule has 0 aliphatic rings. The number of hydrogen-bond acceptors (Lipinski definition) is 5. The highest BCUT2D eigenvalue weighted by Crippen LogP contribution is 2.37. The minimum atomic E-state index is -0.404. The molecule has 0 aromatic heterocycles. The van der Waals surface area contributed by atoms with Crippen LogP contribution < -0.4 is 25.4 Å². The van der Waals surface area contributed by atoms with Crippen molar-refractivity contribution in [3.05, 3.63) is 77.9 Å². The van der Waals surface area contributed by atoms with Gasteiger partial charge in [-0.3, -0.25) is 14.4 Å². The van der Waals surface area contributed by atoms with Gasteiger partial charge in [0, 0.05) is 35.9 Å². The second kappa shape index (κ2) is 10.1. The Labute approximate surface area is 185 Å². The maximum atomic E-state index is 12.8. The Hall–Kier alpha value is -4.33. The molecule has 0 fully saturated rings. The van der Waals surface area contributed by atoms with Gasteiger partial charge >= 0.3 is 0 Å². The third-order valence-corrected chi connectivity index (χ3v) is 4.50. The molecule has 8 heteroatoms. The second-order valence-electron chi connectivity index (χ2n) is 6.79. The van der Waals surface area contributed by atoms with Gasteiger partial charge in [0.1, 0.15) is 11.5 Å². The molecule has 0 heterocycles. The first-order valence-electron chi connectivity index (χ1n) is 9.72. The Morgan fingerprint density at radius 1 is 0.656 bits per heavy atom. The molecule has 3 aromatic rings. The van der Waals surface area contributed by atoms with Gasteiger partial charge < -0.3 is 25.4 Å². The summed E-state index contributed by atoms with van der Waals surface area (Å²) in [6.45, 7) is 1.39. The third-order valence-electron chi connectivity index (χ3n) is 4.50. The number of anilines is 3. The molecule has 0 unspecified atom stereocenters. The predicted octanol–water partition coefficient (Wildman–Crippen LogP) is 4.17. The lowest BCUT2D eigenvalue weighted by Gasteiger charge is -2.16. The lowest BCUT2D eigenvalue weighted by molar-refractivity contribution is -0.114. The van der Waals surface area contributed by atoms with Crippen molar-refractivity contribution in [1.29, 1.82) is 0 Å². The lowest BCUT2D eigenvalue weighted by atomic mass is 10.1. The number of carbonyl (C=O) groups is 3. The zero-order chi connectivity index (χ0) is 23.1. The summed E-state index contributed by atoms with van der Waals surface area (Å²) in [6.07, 6.45) is 0. The van der Waals surface area contributed by atoms with Crippen molar-refractivity contribution in [2.75, 3.05) is 30.2 Å². The van der Waals surface area contributed by atoms with Gasteiger partial charge in [-0.05, 0) is 30.3 Å². The number of benzene rings is 3. The van der Waals surface area contributed by atoms with Crippen LogP contribution in [0.2, 0.25) is 0 Å². The Morgan fingerprint density at radius 2 is 1.19 bits per heavy atom. The van der Waals surface area contributed by atoms with Gasteiger partial charge in [-0.2, -0.15) is 0 Å². The van der Waals surface area contributed by atoms with Crippen LogP contribution in [0.3, 0.4) is 0 Å². The van der Waals surface area contributed by atoms with Crippen LogP contribution in [-0.4, -0.2) is 31.9 Å². The second-order valence-corrected chi connectivity index (χ2v) is 6.79. The zero-order valence-corrected chi connectivity index (χ0v) is 17.9. The molecule has 0 spiro atoms. The van der Waals surface area contributed by atoms with Gasteiger partial charge in [-0.1, -0.05) is 24.3 Å². The van der Waals surface area contributed by atoms with Crippen molar-refractivity contribution in [2.24, 2.45) is 0 Å². The Morgan fingerprint density at radius 3 is 1.72 bits per heavy atom. The molecule has 164 valence electrons. The molecular formula is C24H23N3O5. The molecule has 0 atom stereocenters. The number of methoxy groups -OCH3 is 2. The Balaban J connectivity index is 1.85. The number of hydrogen-bond donors (Lipinski definition) is 3. The summed E-state index contributed by atoms with van der Waals surface area (Å²) in [5, 5.41) is 8.21. The number of nitrogens with one attached hydrogen (secondary N) is 3. The van der Waals surface area contributed by atoms with Crippen LogP contribution >= 0.6 is 0 Å². The minimum absolute atomic E-state index is 0.234. The van der Waals surface area contributed by atoms with Crippen LogP contribution in [0, 0.1) is 0 Å². The van der Waals surface area contributed by atoms with E-state index in [-0.39, 0.29) is 11.8 Å². The molecule has 0 aliphatic heterocycles. The van der Waals surface area contributed by atoms with Crippen LogP contribution in [0.4, 0.5) is 17.1 Å². The summed E-state index contributed by atoms with van der Waals surface area (Å²) in [4.78, 5) is 36.6. The van der Waals surface area contributed by atoms with E-state index in [0.29, 0.717) is 39.7 Å². The minimum Gasteiger partial charge on any atom is -0.494 e. The molecule has 0 bridgehead atoms. The number of rotatable bonds is 7. The molecule has 3 rings (SSSR count). The topological polar surface area (TPSA) is 106 Å². The van der Waals surface area contributed by atoms with Crippen molar-refractivity contribution >= 4 is 34.8 Å². The predicted molar refractivity (Wildman–Crippen MR) is 123 cm³/mol. The number of amides is 3. The van der Waals surface area contributed by atoms with E-state index in [9.17, 15) is 14.4 Å². The highest BCUT2D eigenvalue weighted by molar-refractivity contribution is 6.08. The molecule has 0 radical (unpaired) electrons. The van der Waals surface area contributed by atoms with E-state index >= 15 is 0 Å². The van der Waals surface area contributed by atoms with E-state index < -0.39 is 5.91 Å². The normalized spacial score (nSPS) is 10.1. The summed E-state index contributed by atoms with van der Waals surface area (Å²) in [5.41, 5.74) is 2.10. The average Bonchev–Trinajstić information content (AvgIpc) is 2.79. The lowest BCUT2D eigenvalue weighted by Crippen LogP contribution is -2.15. The smallest absolute Gasteiger partial charge is 0.255 e. The third kappa shape index (κ3) is 5.42. The Kier molecular flexibility index (Phi) is 7.07. The molecule has 3 N–H and O–H groups in total. The van der Waals surface area contributed by atoms with Crippen molar-refractivity contribution in [1.82, 2.24) is 0 Å². The SMILES string of the molecule is COc1cc(NC(=O)c2cccc(NC(C)=O)c2)c(OC)cc1NC(=O)c1ccccc1. The van der Waals surface area contributed by atoms with Crippen molar-refractivity contribution in [2.45, 2.75) is 6.92 Å². The molecule has 0 saturated carbocycles. The van der Waals surface area contributed by atoms with Gasteiger partial charge in [0.05, 0.1) is 25.6 Å². The van der Waals surface area contributed by atoms with Gasteiger partial charge in [-0.15, -0.1) is 0 Å². The van der Waals surface area contributed by atoms with Crippen molar-refractivity contribution < 1.29 is 23.9 Å². The fraction of sp³-hybridized carbons (Fsp3) is 0.125. The summed E-state index contributed by atoms with van der Waals surface area (Å²) >= 11 is 0. The number of ether oxygens (including phenoxy) is 2. The van der Waals surface area contributed by atoms with E-state index in [2.05, 4.69) is 16.0 Å². The maximum Gasteiger partial charge on any atom is 0.255 e. The monoisotopic (exact) mass is 433 g/mol. The van der Waals surface area contributed by atoms with Gasteiger partial charge in [0.15, 0.2) is 0 Å². The fourth-order valence-electron chi connectivity index (χ4n) is 3.01. The number of carbonyl (C=O) groups excluding carboxylic acids is 3. The van der Waals surface area contributed by atoms with Gasteiger partial charge in [0.2, 0.25) is 5.91 Å². The first kappa shape index (κ1) is 22.4. The molecule has 32 heavy (non-hydrogen) atoms. The zero-order valence-electron chi connectivity index (χ0n) is 17.9. The van der Waals surface area contributed by atoms with E-state index in [4.69, 9.17) is 9.47 Å². The Bertz CT molecular complexity index is 1150. The molecule has 0 saturated heterocycles. The summed E-state index contributed by atoms with van der Waals surface area (Å²) in [6, 6.07) is 18.4. The maximum absolute atomic E-state index is 12.8. The van der Waals surface area contributed by atoms with Crippen molar-refractivity contribution in [3.8, 4) is 11.5 Å². The van der Waals surface area contributed by atoms with Gasteiger partial charge in [-0.25, -0.2) is 0 Å². The van der Waals surface area contributed by atoms with Crippen molar-refractivity contribution in [3.63, 3.8) is 0 Å². The van der Waals surface area contributed by atoms with Crippen LogP contribution in [0.25, 0.3) is 0 Å².